The van der Waals surface area contributed by atoms with Gasteiger partial charge < -0.3 is 19.5 Å². The van der Waals surface area contributed by atoms with Crippen molar-refractivity contribution >= 4 is 29.3 Å². The number of hydrogen-bond acceptors (Lipinski definition) is 7. The third-order valence-corrected chi connectivity index (χ3v) is 4.93. The molecule has 1 saturated heterocycles. The molecule has 1 N–H and O–H groups in total. The Bertz CT molecular complexity index is 941. The highest BCUT2D eigenvalue weighted by Gasteiger charge is 2.24. The molecule has 28 heavy (non-hydrogen) atoms. The van der Waals surface area contributed by atoms with E-state index in [-0.39, 0.29) is 5.91 Å². The van der Waals surface area contributed by atoms with Crippen molar-refractivity contribution in [1.82, 2.24) is 20.1 Å². The summed E-state index contributed by atoms with van der Waals surface area (Å²) < 4.78 is 5.19. The first kappa shape index (κ1) is 18.2. The lowest BCUT2D eigenvalue weighted by atomic mass is 10.2. The Balaban J connectivity index is 1.36. The molecule has 2 aromatic heterocycles. The number of carbonyl (C=O) groups excluding carboxylic acids is 1. The number of carbonyl (C=O) groups is 1. The molecule has 9 heteroatoms. The van der Waals surface area contributed by atoms with Gasteiger partial charge in [0.15, 0.2) is 11.6 Å². The first-order valence-electron chi connectivity index (χ1n) is 8.95. The van der Waals surface area contributed by atoms with Gasteiger partial charge in [-0.1, -0.05) is 29.8 Å². The minimum atomic E-state index is -0.0902. The number of benzene rings is 1. The predicted octanol–water partition coefficient (Wildman–Crippen LogP) is 2.69. The molecule has 1 amide bonds. The third kappa shape index (κ3) is 4.07. The second-order valence-corrected chi connectivity index (χ2v) is 6.75. The highest BCUT2D eigenvalue weighted by molar-refractivity contribution is 6.31. The molecule has 0 atom stereocenters. The molecule has 1 aromatic carbocycles. The summed E-state index contributed by atoms with van der Waals surface area (Å²) in [6, 6.07) is 11.0. The Hall–Kier alpha value is -3.13. The first-order chi connectivity index (χ1) is 13.7. The summed E-state index contributed by atoms with van der Waals surface area (Å²) in [5.41, 5.74) is 0.961. The normalized spacial score (nSPS) is 14.2. The van der Waals surface area contributed by atoms with Gasteiger partial charge in [0.2, 0.25) is 5.95 Å². The van der Waals surface area contributed by atoms with Crippen molar-refractivity contribution in [1.29, 1.82) is 0 Å². The fourth-order valence-corrected chi connectivity index (χ4v) is 3.24. The maximum atomic E-state index is 12.4. The average molecular weight is 399 g/mol. The van der Waals surface area contributed by atoms with Crippen LogP contribution in [0.2, 0.25) is 5.02 Å². The SMILES string of the molecule is O=C(c1ccco1)N1CCN(c2cnnc(NCc3ccccc3Cl)n2)CC1. The number of furan rings is 1. The standard InChI is InChI=1S/C19H19ClN6O2/c20-15-5-2-1-4-14(15)12-21-19-23-17(13-22-24-19)25-7-9-26(10-8-25)18(27)16-6-3-11-28-16/h1-6,11,13H,7-10,12H2,(H,21,23,24). The van der Waals surface area contributed by atoms with Crippen LogP contribution in [0, 0.1) is 0 Å². The largest absolute Gasteiger partial charge is 0.459 e. The van der Waals surface area contributed by atoms with Crippen LogP contribution < -0.4 is 10.2 Å². The van der Waals surface area contributed by atoms with Crippen LogP contribution >= 0.6 is 11.6 Å². The van der Waals surface area contributed by atoms with Gasteiger partial charge >= 0.3 is 0 Å². The van der Waals surface area contributed by atoms with Gasteiger partial charge in [-0.15, -0.1) is 5.10 Å². The molecule has 4 rings (SSSR count). The minimum absolute atomic E-state index is 0.0902. The molecule has 3 aromatic rings. The number of nitrogens with one attached hydrogen (secondary N) is 1. The highest BCUT2D eigenvalue weighted by atomic mass is 35.5. The number of nitrogens with zero attached hydrogens (tertiary/aromatic N) is 5. The van der Waals surface area contributed by atoms with E-state index in [1.54, 1.807) is 23.2 Å². The van der Waals surface area contributed by atoms with E-state index in [1.165, 1.54) is 6.26 Å². The van der Waals surface area contributed by atoms with Gasteiger partial charge in [-0.25, -0.2) is 0 Å². The molecule has 0 bridgehead atoms. The molecule has 1 aliphatic rings. The van der Waals surface area contributed by atoms with E-state index < -0.39 is 0 Å². The summed E-state index contributed by atoms with van der Waals surface area (Å²) in [6.45, 7) is 3.01. The van der Waals surface area contributed by atoms with Crippen LogP contribution in [-0.2, 0) is 6.54 Å². The van der Waals surface area contributed by atoms with E-state index in [2.05, 4.69) is 25.4 Å². The molecule has 0 saturated carbocycles. The maximum absolute atomic E-state index is 12.4. The van der Waals surface area contributed by atoms with E-state index in [9.17, 15) is 4.79 Å². The summed E-state index contributed by atoms with van der Waals surface area (Å²) in [5.74, 6) is 1.43. The molecular weight excluding hydrogens is 380 g/mol. The summed E-state index contributed by atoms with van der Waals surface area (Å²) in [7, 11) is 0. The lowest BCUT2D eigenvalue weighted by molar-refractivity contribution is 0.0714. The number of amides is 1. The Morgan fingerprint density at radius 2 is 1.96 bits per heavy atom. The van der Waals surface area contributed by atoms with Crippen LogP contribution in [0.15, 0.2) is 53.3 Å². The van der Waals surface area contributed by atoms with Crippen LogP contribution in [0.3, 0.4) is 0 Å². The Labute approximate surface area is 167 Å². The van der Waals surface area contributed by atoms with Gasteiger partial charge in [0.05, 0.1) is 12.5 Å². The monoisotopic (exact) mass is 398 g/mol. The van der Waals surface area contributed by atoms with Crippen molar-refractivity contribution in [2.75, 3.05) is 36.4 Å². The second kappa shape index (κ2) is 8.26. The number of anilines is 2. The number of hydrogen-bond donors (Lipinski definition) is 1. The Kier molecular flexibility index (Phi) is 5.38. The highest BCUT2D eigenvalue weighted by Crippen LogP contribution is 2.18. The van der Waals surface area contributed by atoms with E-state index in [0.717, 1.165) is 11.4 Å². The quantitative estimate of drug-likeness (QED) is 0.706. The molecule has 1 aliphatic heterocycles. The first-order valence-corrected chi connectivity index (χ1v) is 9.33. The van der Waals surface area contributed by atoms with Crippen molar-refractivity contribution in [2.24, 2.45) is 0 Å². The van der Waals surface area contributed by atoms with E-state index in [4.69, 9.17) is 16.0 Å². The van der Waals surface area contributed by atoms with Gasteiger partial charge in [-0.05, 0) is 23.8 Å². The summed E-state index contributed by atoms with van der Waals surface area (Å²) in [4.78, 5) is 20.8. The molecule has 0 unspecified atom stereocenters. The van der Waals surface area contributed by atoms with Crippen molar-refractivity contribution in [3.05, 3.63) is 65.2 Å². The Morgan fingerprint density at radius 1 is 1.14 bits per heavy atom. The number of aromatic nitrogens is 3. The van der Waals surface area contributed by atoms with Crippen LogP contribution in [0.25, 0.3) is 0 Å². The lowest BCUT2D eigenvalue weighted by Gasteiger charge is -2.34. The number of rotatable bonds is 5. The predicted molar refractivity (Wildman–Crippen MR) is 105 cm³/mol. The smallest absolute Gasteiger partial charge is 0.289 e. The average Bonchev–Trinajstić information content (AvgIpc) is 3.28. The zero-order chi connectivity index (χ0) is 19.3. The molecule has 3 heterocycles. The second-order valence-electron chi connectivity index (χ2n) is 6.34. The summed E-state index contributed by atoms with van der Waals surface area (Å²) in [5, 5.41) is 11.9. The summed E-state index contributed by atoms with van der Waals surface area (Å²) >= 11 is 6.18. The van der Waals surface area contributed by atoms with E-state index in [1.807, 2.05) is 24.3 Å². The molecule has 8 nitrogen and oxygen atoms in total. The lowest BCUT2D eigenvalue weighted by Crippen LogP contribution is -2.49. The molecule has 1 fully saturated rings. The number of piperazine rings is 1. The maximum Gasteiger partial charge on any atom is 0.289 e. The minimum Gasteiger partial charge on any atom is -0.459 e. The van der Waals surface area contributed by atoms with Gasteiger partial charge in [0.25, 0.3) is 5.91 Å². The molecule has 0 aliphatic carbocycles. The van der Waals surface area contributed by atoms with Crippen molar-refractivity contribution in [3.63, 3.8) is 0 Å². The van der Waals surface area contributed by atoms with Gasteiger partial charge in [0, 0.05) is 37.7 Å². The molecular formula is C19H19ClN6O2. The van der Waals surface area contributed by atoms with Crippen LogP contribution in [-0.4, -0.2) is 52.2 Å². The Morgan fingerprint density at radius 3 is 2.71 bits per heavy atom. The van der Waals surface area contributed by atoms with Crippen LogP contribution in [0.1, 0.15) is 16.1 Å². The molecule has 0 radical (unpaired) electrons. The van der Waals surface area contributed by atoms with Crippen LogP contribution in [0.4, 0.5) is 11.8 Å². The molecule has 144 valence electrons. The third-order valence-electron chi connectivity index (χ3n) is 4.56. The molecule has 0 spiro atoms. The zero-order valence-electron chi connectivity index (χ0n) is 15.1. The fraction of sp³-hybridized carbons (Fsp3) is 0.263. The van der Waals surface area contributed by atoms with E-state index >= 15 is 0 Å². The van der Waals surface area contributed by atoms with Gasteiger partial charge in [0.1, 0.15) is 0 Å². The number of halogens is 1. The van der Waals surface area contributed by atoms with Crippen molar-refractivity contribution in [3.8, 4) is 0 Å². The summed E-state index contributed by atoms with van der Waals surface area (Å²) in [6.07, 6.45) is 3.14. The van der Waals surface area contributed by atoms with Crippen LogP contribution in [0.5, 0.6) is 0 Å². The van der Waals surface area contributed by atoms with E-state index in [0.29, 0.717) is 49.5 Å². The van der Waals surface area contributed by atoms with Gasteiger partial charge in [-0.2, -0.15) is 10.1 Å². The fourth-order valence-electron chi connectivity index (χ4n) is 3.03. The van der Waals surface area contributed by atoms with Crippen molar-refractivity contribution < 1.29 is 9.21 Å². The van der Waals surface area contributed by atoms with Crippen molar-refractivity contribution in [2.45, 2.75) is 6.54 Å². The van der Waals surface area contributed by atoms with Gasteiger partial charge in [-0.3, -0.25) is 4.79 Å². The topological polar surface area (TPSA) is 87.4 Å². The zero-order valence-corrected chi connectivity index (χ0v) is 15.8.